The second kappa shape index (κ2) is 3.90. The summed E-state index contributed by atoms with van der Waals surface area (Å²) in [5.74, 6) is -0.771. The fraction of sp³-hybridized carbons (Fsp3) is 0.455. The van der Waals surface area contributed by atoms with Crippen molar-refractivity contribution in [3.8, 4) is 0 Å². The van der Waals surface area contributed by atoms with Gasteiger partial charge in [-0.2, -0.15) is 0 Å². The molecule has 2 aromatic heterocycles. The van der Waals surface area contributed by atoms with E-state index in [0.29, 0.717) is 11.4 Å². The molecule has 86 valence electrons. The quantitative estimate of drug-likeness (QED) is 0.894. The maximum Gasteiger partial charge on any atom is 0.354 e. The number of carboxylic acids is 1. The molecule has 0 unspecified atom stereocenters. The van der Waals surface area contributed by atoms with Crippen molar-refractivity contribution in [3.63, 3.8) is 0 Å². The van der Waals surface area contributed by atoms with E-state index < -0.39 is 5.97 Å². The number of fused-ring (bicyclic) bond motifs is 1. The van der Waals surface area contributed by atoms with Gasteiger partial charge in [0.2, 0.25) is 0 Å². The second-order valence-electron chi connectivity index (χ2n) is 4.00. The number of carbonyl (C=O) groups is 1. The zero-order valence-electron chi connectivity index (χ0n) is 9.52. The molecule has 2 aromatic rings. The van der Waals surface area contributed by atoms with Gasteiger partial charge in [0.1, 0.15) is 0 Å². The van der Waals surface area contributed by atoms with Crippen molar-refractivity contribution < 1.29 is 9.90 Å². The van der Waals surface area contributed by atoms with Gasteiger partial charge in [-0.1, -0.05) is 20.8 Å². The zero-order chi connectivity index (χ0) is 11.9. The smallest absolute Gasteiger partial charge is 0.354 e. The molecule has 0 fully saturated rings. The van der Waals surface area contributed by atoms with Crippen LogP contribution in [0.3, 0.4) is 0 Å². The summed E-state index contributed by atoms with van der Waals surface area (Å²) in [5.41, 5.74) is 2.01. The summed E-state index contributed by atoms with van der Waals surface area (Å²) in [6, 6.07) is 0. The van der Waals surface area contributed by atoms with Crippen LogP contribution < -0.4 is 0 Å². The summed E-state index contributed by atoms with van der Waals surface area (Å²) in [6.07, 6.45) is 0.814. The first kappa shape index (κ1) is 11.1. The van der Waals surface area contributed by atoms with Crippen LogP contribution in [0.25, 0.3) is 4.96 Å². The minimum absolute atomic E-state index is 0.128. The average molecular weight is 238 g/mol. The number of hydrogen-bond donors (Lipinski definition) is 1. The topological polar surface area (TPSA) is 54.6 Å². The third-order valence-corrected chi connectivity index (χ3v) is 3.45. The zero-order valence-corrected chi connectivity index (χ0v) is 10.3. The SMILES string of the molecule is CCc1csc2nc(C(C)C)c(C(=O)O)n12. The maximum absolute atomic E-state index is 11.3. The van der Waals surface area contributed by atoms with Crippen LogP contribution in [0.5, 0.6) is 0 Å². The third-order valence-electron chi connectivity index (χ3n) is 2.57. The van der Waals surface area contributed by atoms with Crippen molar-refractivity contribution in [2.24, 2.45) is 0 Å². The molecule has 5 heteroatoms. The molecule has 4 nitrogen and oxygen atoms in total. The number of aromatic carboxylic acids is 1. The highest BCUT2D eigenvalue weighted by atomic mass is 32.1. The van der Waals surface area contributed by atoms with Gasteiger partial charge in [-0.05, 0) is 12.3 Å². The highest BCUT2D eigenvalue weighted by molar-refractivity contribution is 7.15. The van der Waals surface area contributed by atoms with Crippen molar-refractivity contribution in [1.82, 2.24) is 9.38 Å². The van der Waals surface area contributed by atoms with E-state index in [0.717, 1.165) is 17.1 Å². The van der Waals surface area contributed by atoms with Crippen molar-refractivity contribution in [3.05, 3.63) is 22.5 Å². The van der Waals surface area contributed by atoms with Gasteiger partial charge in [0.15, 0.2) is 10.7 Å². The summed E-state index contributed by atoms with van der Waals surface area (Å²) in [6.45, 7) is 5.94. The van der Waals surface area contributed by atoms with Crippen LogP contribution in [0.1, 0.15) is 48.6 Å². The number of thiazole rings is 1. The standard InChI is InChI=1S/C11H14N2O2S/c1-4-7-5-16-11-12-8(6(2)3)9(10(14)15)13(7)11/h5-6H,4H2,1-3H3,(H,14,15). The van der Waals surface area contributed by atoms with Gasteiger partial charge >= 0.3 is 5.97 Å². The van der Waals surface area contributed by atoms with Crippen molar-refractivity contribution in [2.45, 2.75) is 33.1 Å². The molecular weight excluding hydrogens is 224 g/mol. The Kier molecular flexibility index (Phi) is 2.71. The molecule has 0 radical (unpaired) electrons. The van der Waals surface area contributed by atoms with Crippen LogP contribution in [0, 0.1) is 0 Å². The summed E-state index contributed by atoms with van der Waals surface area (Å²) >= 11 is 1.50. The highest BCUT2D eigenvalue weighted by Gasteiger charge is 2.22. The largest absolute Gasteiger partial charge is 0.477 e. The Balaban J connectivity index is 2.79. The van der Waals surface area contributed by atoms with Crippen LogP contribution in [0.4, 0.5) is 0 Å². The lowest BCUT2D eigenvalue weighted by atomic mass is 10.1. The minimum atomic E-state index is -0.899. The van der Waals surface area contributed by atoms with Crippen molar-refractivity contribution in [1.29, 1.82) is 0 Å². The van der Waals surface area contributed by atoms with Crippen LogP contribution >= 0.6 is 11.3 Å². The fourth-order valence-corrected chi connectivity index (χ4v) is 2.76. The Morgan fingerprint density at radius 1 is 1.62 bits per heavy atom. The van der Waals surface area contributed by atoms with Crippen LogP contribution in [-0.2, 0) is 6.42 Å². The van der Waals surface area contributed by atoms with Crippen LogP contribution in [0.2, 0.25) is 0 Å². The maximum atomic E-state index is 11.3. The highest BCUT2D eigenvalue weighted by Crippen LogP contribution is 2.26. The Morgan fingerprint density at radius 3 is 2.81 bits per heavy atom. The first-order valence-corrected chi connectivity index (χ1v) is 6.16. The van der Waals surface area contributed by atoms with E-state index in [-0.39, 0.29) is 5.92 Å². The fourth-order valence-electron chi connectivity index (χ4n) is 1.78. The molecule has 0 aliphatic carbocycles. The summed E-state index contributed by atoms with van der Waals surface area (Å²) in [5, 5.41) is 11.3. The Hall–Kier alpha value is -1.36. The lowest BCUT2D eigenvalue weighted by Crippen LogP contribution is -2.07. The molecule has 1 N–H and O–H groups in total. The van der Waals surface area contributed by atoms with Crippen LogP contribution in [0.15, 0.2) is 5.38 Å². The molecule has 0 atom stereocenters. The number of aromatic nitrogens is 2. The number of aryl methyl sites for hydroxylation is 1. The molecule has 0 aromatic carbocycles. The van der Waals surface area contributed by atoms with Gasteiger partial charge in [0.05, 0.1) is 5.69 Å². The van der Waals surface area contributed by atoms with E-state index in [1.165, 1.54) is 11.3 Å². The van der Waals surface area contributed by atoms with Gasteiger partial charge < -0.3 is 5.11 Å². The predicted molar refractivity (Wildman–Crippen MR) is 63.5 cm³/mol. The Bertz CT molecular complexity index is 539. The molecule has 2 rings (SSSR count). The van der Waals surface area contributed by atoms with E-state index in [1.807, 2.05) is 26.2 Å². The number of rotatable bonds is 3. The molecule has 0 spiro atoms. The summed E-state index contributed by atoms with van der Waals surface area (Å²) < 4.78 is 1.77. The molecule has 0 aliphatic rings. The van der Waals surface area contributed by atoms with Gasteiger partial charge in [0.25, 0.3) is 0 Å². The molecule has 0 bridgehead atoms. The van der Waals surface area contributed by atoms with E-state index in [1.54, 1.807) is 4.40 Å². The molecule has 2 heterocycles. The number of nitrogens with zero attached hydrogens (tertiary/aromatic N) is 2. The molecule has 0 saturated carbocycles. The number of carboxylic acid groups (broad SMARTS) is 1. The van der Waals surface area contributed by atoms with Crippen molar-refractivity contribution >= 4 is 22.3 Å². The molecular formula is C11H14N2O2S. The van der Waals surface area contributed by atoms with Gasteiger partial charge in [-0.25, -0.2) is 9.78 Å². The van der Waals surface area contributed by atoms with Crippen LogP contribution in [-0.4, -0.2) is 20.5 Å². The Morgan fingerprint density at radius 2 is 2.31 bits per heavy atom. The van der Waals surface area contributed by atoms with Gasteiger partial charge in [0, 0.05) is 11.1 Å². The van der Waals surface area contributed by atoms with Gasteiger partial charge in [-0.3, -0.25) is 4.40 Å². The first-order valence-electron chi connectivity index (χ1n) is 5.28. The predicted octanol–water partition coefficient (Wildman–Crippen LogP) is 2.78. The molecule has 16 heavy (non-hydrogen) atoms. The van der Waals surface area contributed by atoms with E-state index >= 15 is 0 Å². The Labute approximate surface area is 97.6 Å². The van der Waals surface area contributed by atoms with E-state index in [2.05, 4.69) is 4.98 Å². The van der Waals surface area contributed by atoms with Crippen molar-refractivity contribution in [2.75, 3.05) is 0 Å². The summed E-state index contributed by atoms with van der Waals surface area (Å²) in [7, 11) is 0. The monoisotopic (exact) mass is 238 g/mol. The minimum Gasteiger partial charge on any atom is -0.477 e. The van der Waals surface area contributed by atoms with E-state index in [9.17, 15) is 9.90 Å². The molecule has 0 amide bonds. The molecule has 0 saturated heterocycles. The van der Waals surface area contributed by atoms with Gasteiger partial charge in [-0.15, -0.1) is 11.3 Å². The third kappa shape index (κ3) is 1.51. The lowest BCUT2D eigenvalue weighted by molar-refractivity contribution is 0.0687. The summed E-state index contributed by atoms with van der Waals surface area (Å²) in [4.78, 5) is 16.5. The second-order valence-corrected chi connectivity index (χ2v) is 4.84. The number of imidazole rings is 1. The average Bonchev–Trinajstić information content (AvgIpc) is 2.73. The van der Waals surface area contributed by atoms with E-state index in [4.69, 9.17) is 0 Å². The lowest BCUT2D eigenvalue weighted by Gasteiger charge is -2.03. The normalized spacial score (nSPS) is 11.5. The molecule has 0 aliphatic heterocycles. The number of hydrogen-bond acceptors (Lipinski definition) is 3. The first-order chi connectivity index (χ1) is 7.56.